The van der Waals surface area contributed by atoms with Crippen LogP contribution in [0.4, 0.5) is 0 Å². The van der Waals surface area contributed by atoms with E-state index in [1.165, 1.54) is 4.68 Å². The van der Waals surface area contributed by atoms with Gasteiger partial charge in [-0.2, -0.15) is 5.10 Å². The number of carbonyl (C=O) groups is 1. The van der Waals surface area contributed by atoms with Crippen LogP contribution in [0.25, 0.3) is 22.2 Å². The molecule has 0 unspecified atom stereocenters. The Morgan fingerprint density at radius 3 is 2.73 bits per heavy atom. The fourth-order valence-corrected chi connectivity index (χ4v) is 2.83. The number of rotatable bonds is 6. The molecule has 0 fully saturated rings. The van der Waals surface area contributed by atoms with Crippen molar-refractivity contribution in [3.63, 3.8) is 0 Å². The monoisotopic (exact) mass is 375 g/mol. The second-order valence-electron chi connectivity index (χ2n) is 5.75. The molecule has 2 heterocycles. The van der Waals surface area contributed by atoms with E-state index in [-0.39, 0.29) is 30.0 Å². The standard InChI is InChI=1S/C18H18ClN3O4/c1-3-25-14(23)5-4-10-22-18(24)17-15(11(2)26-21-17)16(20-22)12-6-8-13(19)9-7-12/h6-9H,3-5,10H2,1-2H3. The quantitative estimate of drug-likeness (QED) is 0.614. The van der Waals surface area contributed by atoms with Crippen LogP contribution in [0.3, 0.4) is 0 Å². The van der Waals surface area contributed by atoms with Crippen molar-refractivity contribution in [3.05, 3.63) is 45.4 Å². The number of hydrogen-bond donors (Lipinski definition) is 0. The normalized spacial score (nSPS) is 11.0. The minimum absolute atomic E-state index is 0.216. The van der Waals surface area contributed by atoms with Crippen LogP contribution in [-0.2, 0) is 16.1 Å². The number of aryl methyl sites for hydroxylation is 2. The Morgan fingerprint density at radius 1 is 1.31 bits per heavy atom. The number of fused-ring (bicyclic) bond motifs is 1. The first-order chi connectivity index (χ1) is 12.5. The zero-order chi connectivity index (χ0) is 18.7. The summed E-state index contributed by atoms with van der Waals surface area (Å²) in [6.07, 6.45) is 0.655. The molecule has 1 aromatic carbocycles. The molecule has 0 radical (unpaired) electrons. The molecule has 0 atom stereocenters. The Labute approximate surface area is 154 Å². The number of aromatic nitrogens is 3. The fraction of sp³-hybridized carbons (Fsp3) is 0.333. The lowest BCUT2D eigenvalue weighted by Crippen LogP contribution is -2.24. The average molecular weight is 376 g/mol. The highest BCUT2D eigenvalue weighted by Gasteiger charge is 2.19. The summed E-state index contributed by atoms with van der Waals surface area (Å²) in [4.78, 5) is 24.1. The first kappa shape index (κ1) is 18.1. The molecule has 0 saturated heterocycles. The van der Waals surface area contributed by atoms with Crippen LogP contribution >= 0.6 is 11.6 Å². The molecule has 7 nitrogen and oxygen atoms in total. The number of carbonyl (C=O) groups excluding carboxylic acids is 1. The summed E-state index contributed by atoms with van der Waals surface area (Å²) in [5, 5.41) is 9.56. The molecule has 8 heteroatoms. The summed E-state index contributed by atoms with van der Waals surface area (Å²) in [7, 11) is 0. The number of halogens is 1. The van der Waals surface area contributed by atoms with Gasteiger partial charge in [0.15, 0.2) is 5.52 Å². The Kier molecular flexibility index (Phi) is 5.37. The van der Waals surface area contributed by atoms with Crippen molar-refractivity contribution < 1.29 is 14.1 Å². The lowest BCUT2D eigenvalue weighted by molar-refractivity contribution is -0.143. The molecule has 0 aliphatic heterocycles. The van der Waals surface area contributed by atoms with Gasteiger partial charge in [-0.3, -0.25) is 9.59 Å². The van der Waals surface area contributed by atoms with Gasteiger partial charge < -0.3 is 9.26 Å². The third-order valence-corrected chi connectivity index (χ3v) is 4.18. The Balaban J connectivity index is 1.99. The van der Waals surface area contributed by atoms with Crippen molar-refractivity contribution in [2.24, 2.45) is 0 Å². The minimum atomic E-state index is -0.349. The first-order valence-corrected chi connectivity index (χ1v) is 8.67. The average Bonchev–Trinajstić information content (AvgIpc) is 3.00. The molecule has 3 rings (SSSR count). The second-order valence-corrected chi connectivity index (χ2v) is 6.19. The maximum Gasteiger partial charge on any atom is 0.305 e. The van der Waals surface area contributed by atoms with Gasteiger partial charge in [-0.05, 0) is 32.4 Å². The molecular weight excluding hydrogens is 358 g/mol. The molecule has 2 aromatic heterocycles. The van der Waals surface area contributed by atoms with Gasteiger partial charge in [-0.1, -0.05) is 28.9 Å². The van der Waals surface area contributed by atoms with Gasteiger partial charge in [0.05, 0.1) is 12.0 Å². The van der Waals surface area contributed by atoms with E-state index in [9.17, 15) is 9.59 Å². The van der Waals surface area contributed by atoms with E-state index in [1.807, 2.05) is 12.1 Å². The fourth-order valence-electron chi connectivity index (χ4n) is 2.70. The van der Waals surface area contributed by atoms with Crippen LogP contribution in [-0.4, -0.2) is 27.5 Å². The number of ether oxygens (including phenoxy) is 1. The predicted molar refractivity (Wildman–Crippen MR) is 97.1 cm³/mol. The van der Waals surface area contributed by atoms with Crippen LogP contribution in [0.15, 0.2) is 33.6 Å². The zero-order valence-corrected chi connectivity index (χ0v) is 15.2. The molecule has 0 saturated carbocycles. The van der Waals surface area contributed by atoms with E-state index >= 15 is 0 Å². The Morgan fingerprint density at radius 2 is 2.04 bits per heavy atom. The van der Waals surface area contributed by atoms with Crippen molar-refractivity contribution in [2.75, 3.05) is 6.61 Å². The van der Waals surface area contributed by atoms with Crippen molar-refractivity contribution in [3.8, 4) is 11.3 Å². The van der Waals surface area contributed by atoms with Crippen molar-refractivity contribution in [2.45, 2.75) is 33.2 Å². The minimum Gasteiger partial charge on any atom is -0.466 e. The van der Waals surface area contributed by atoms with Gasteiger partial charge in [0.25, 0.3) is 5.56 Å². The molecule has 0 amide bonds. The van der Waals surface area contributed by atoms with E-state index in [2.05, 4.69) is 10.3 Å². The highest BCUT2D eigenvalue weighted by Crippen LogP contribution is 2.28. The van der Waals surface area contributed by atoms with Crippen LogP contribution in [0, 0.1) is 6.92 Å². The number of benzene rings is 1. The number of hydrogen-bond acceptors (Lipinski definition) is 6. The summed E-state index contributed by atoms with van der Waals surface area (Å²) in [6, 6.07) is 7.15. The van der Waals surface area contributed by atoms with Gasteiger partial charge in [0.1, 0.15) is 11.5 Å². The van der Waals surface area contributed by atoms with Crippen molar-refractivity contribution in [1.82, 2.24) is 14.9 Å². The van der Waals surface area contributed by atoms with Crippen LogP contribution in [0.2, 0.25) is 5.02 Å². The third-order valence-electron chi connectivity index (χ3n) is 3.93. The molecule has 0 aliphatic carbocycles. The topological polar surface area (TPSA) is 87.2 Å². The van der Waals surface area contributed by atoms with Gasteiger partial charge in [-0.25, -0.2) is 4.68 Å². The summed E-state index contributed by atoms with van der Waals surface area (Å²) >= 11 is 5.96. The first-order valence-electron chi connectivity index (χ1n) is 8.30. The molecular formula is C18H18ClN3O4. The van der Waals surface area contributed by atoms with E-state index in [0.29, 0.717) is 34.9 Å². The third kappa shape index (κ3) is 3.62. The van der Waals surface area contributed by atoms with E-state index in [4.69, 9.17) is 20.9 Å². The Bertz CT molecular complexity index is 992. The molecule has 0 N–H and O–H groups in total. The van der Waals surface area contributed by atoms with Crippen LogP contribution in [0.1, 0.15) is 25.5 Å². The number of nitrogens with zero attached hydrogens (tertiary/aromatic N) is 3. The van der Waals surface area contributed by atoms with Crippen LogP contribution < -0.4 is 5.56 Å². The summed E-state index contributed by atoms with van der Waals surface area (Å²) in [6.45, 7) is 4.10. The van der Waals surface area contributed by atoms with E-state index < -0.39 is 0 Å². The van der Waals surface area contributed by atoms with Crippen molar-refractivity contribution >= 4 is 28.5 Å². The molecule has 26 heavy (non-hydrogen) atoms. The molecule has 0 bridgehead atoms. The highest BCUT2D eigenvalue weighted by atomic mass is 35.5. The molecule has 0 spiro atoms. The maximum atomic E-state index is 12.6. The summed E-state index contributed by atoms with van der Waals surface area (Å²) in [5.41, 5.74) is 1.26. The lowest BCUT2D eigenvalue weighted by Gasteiger charge is -2.09. The Hall–Kier alpha value is -2.67. The second kappa shape index (κ2) is 7.70. The van der Waals surface area contributed by atoms with Crippen molar-refractivity contribution in [1.29, 1.82) is 0 Å². The summed E-state index contributed by atoms with van der Waals surface area (Å²) < 4.78 is 11.4. The zero-order valence-electron chi connectivity index (χ0n) is 14.5. The lowest BCUT2D eigenvalue weighted by atomic mass is 10.1. The molecule has 0 aliphatic rings. The maximum absolute atomic E-state index is 12.6. The number of esters is 1. The summed E-state index contributed by atoms with van der Waals surface area (Å²) in [5.74, 6) is 0.227. The molecule has 3 aromatic rings. The predicted octanol–water partition coefficient (Wildman–Crippen LogP) is 3.36. The van der Waals surface area contributed by atoms with E-state index in [0.717, 1.165) is 5.56 Å². The smallest absolute Gasteiger partial charge is 0.305 e. The van der Waals surface area contributed by atoms with Crippen LogP contribution in [0.5, 0.6) is 0 Å². The van der Waals surface area contributed by atoms with Gasteiger partial charge in [-0.15, -0.1) is 0 Å². The highest BCUT2D eigenvalue weighted by molar-refractivity contribution is 6.30. The van der Waals surface area contributed by atoms with Gasteiger partial charge in [0, 0.05) is 23.6 Å². The van der Waals surface area contributed by atoms with Gasteiger partial charge >= 0.3 is 5.97 Å². The van der Waals surface area contributed by atoms with Gasteiger partial charge in [0.2, 0.25) is 0 Å². The largest absolute Gasteiger partial charge is 0.466 e. The SMILES string of the molecule is CCOC(=O)CCCn1nc(-c2ccc(Cl)cc2)c2c(C)onc2c1=O. The molecule has 136 valence electrons. The van der Waals surface area contributed by atoms with E-state index in [1.54, 1.807) is 26.0 Å².